The molecule has 0 amide bonds. The Bertz CT molecular complexity index is 290. The summed E-state index contributed by atoms with van der Waals surface area (Å²) >= 11 is 1.59. The normalized spacial score (nSPS) is 14.5. The van der Waals surface area contributed by atoms with Crippen molar-refractivity contribution in [1.82, 2.24) is 0 Å². The molecule has 2 atom stereocenters. The van der Waals surface area contributed by atoms with E-state index in [1.54, 1.807) is 11.8 Å². The quantitative estimate of drug-likeness (QED) is 0.553. The van der Waals surface area contributed by atoms with E-state index in [-0.39, 0.29) is 0 Å². The van der Waals surface area contributed by atoms with Gasteiger partial charge in [-0.3, -0.25) is 0 Å². The standard InChI is InChI=1S/C14H22O2S/c1-2-3-5-10-13(15)14(16)11-17-12-8-6-4-7-9-12/h4,6-9,13-16H,2-3,5,10-11H2,1H3/t13-,14+/m1/s1. The van der Waals surface area contributed by atoms with E-state index in [0.29, 0.717) is 12.2 Å². The Hall–Kier alpha value is -0.510. The molecule has 0 unspecified atom stereocenters. The number of aliphatic hydroxyl groups excluding tert-OH is 2. The maximum atomic E-state index is 9.81. The number of rotatable bonds is 8. The fourth-order valence-corrected chi connectivity index (χ4v) is 2.54. The third-order valence-electron chi connectivity index (χ3n) is 2.71. The van der Waals surface area contributed by atoms with E-state index < -0.39 is 12.2 Å². The van der Waals surface area contributed by atoms with Gasteiger partial charge < -0.3 is 10.2 Å². The summed E-state index contributed by atoms with van der Waals surface area (Å²) < 4.78 is 0. The minimum Gasteiger partial charge on any atom is -0.390 e. The highest BCUT2D eigenvalue weighted by atomic mass is 32.2. The van der Waals surface area contributed by atoms with Gasteiger partial charge in [-0.15, -0.1) is 11.8 Å². The Kier molecular flexibility index (Phi) is 7.33. The predicted molar refractivity (Wildman–Crippen MR) is 73.3 cm³/mol. The number of hydrogen-bond acceptors (Lipinski definition) is 3. The molecule has 2 nitrogen and oxygen atoms in total. The largest absolute Gasteiger partial charge is 0.390 e. The van der Waals surface area contributed by atoms with E-state index >= 15 is 0 Å². The molecule has 96 valence electrons. The lowest BCUT2D eigenvalue weighted by Crippen LogP contribution is -2.27. The molecule has 0 fully saturated rings. The van der Waals surface area contributed by atoms with Crippen molar-refractivity contribution in [3.8, 4) is 0 Å². The molecule has 0 saturated carbocycles. The molecule has 0 spiro atoms. The maximum absolute atomic E-state index is 9.81. The fourth-order valence-electron chi connectivity index (χ4n) is 1.61. The molecule has 1 rings (SSSR count). The van der Waals surface area contributed by atoms with Gasteiger partial charge in [0.05, 0.1) is 12.2 Å². The van der Waals surface area contributed by atoms with Crippen molar-refractivity contribution in [2.75, 3.05) is 5.75 Å². The summed E-state index contributed by atoms with van der Waals surface area (Å²) in [5.41, 5.74) is 0. The van der Waals surface area contributed by atoms with Crippen molar-refractivity contribution >= 4 is 11.8 Å². The van der Waals surface area contributed by atoms with Crippen LogP contribution in [0.1, 0.15) is 32.6 Å². The SMILES string of the molecule is CCCCC[C@@H](O)[C@@H](O)CSc1ccccc1. The molecule has 17 heavy (non-hydrogen) atoms. The van der Waals surface area contributed by atoms with Gasteiger partial charge in [0.25, 0.3) is 0 Å². The van der Waals surface area contributed by atoms with Crippen LogP contribution < -0.4 is 0 Å². The Morgan fingerprint density at radius 3 is 2.41 bits per heavy atom. The molecule has 1 aromatic carbocycles. The van der Waals surface area contributed by atoms with Gasteiger partial charge in [0.1, 0.15) is 0 Å². The second kappa shape index (κ2) is 8.56. The van der Waals surface area contributed by atoms with Crippen LogP contribution in [0.25, 0.3) is 0 Å². The molecule has 0 radical (unpaired) electrons. The molecule has 0 saturated heterocycles. The minimum atomic E-state index is -0.628. The zero-order chi connectivity index (χ0) is 12.5. The van der Waals surface area contributed by atoms with E-state index in [1.165, 1.54) is 0 Å². The Morgan fingerprint density at radius 2 is 1.76 bits per heavy atom. The van der Waals surface area contributed by atoms with Crippen LogP contribution in [0, 0.1) is 0 Å². The molecule has 0 aliphatic rings. The zero-order valence-corrected chi connectivity index (χ0v) is 11.2. The summed E-state index contributed by atoms with van der Waals surface area (Å²) in [6, 6.07) is 9.96. The Morgan fingerprint density at radius 1 is 1.06 bits per heavy atom. The van der Waals surface area contributed by atoms with Gasteiger partial charge in [-0.05, 0) is 18.6 Å². The summed E-state index contributed by atoms with van der Waals surface area (Å²) in [4.78, 5) is 1.13. The molecule has 2 N–H and O–H groups in total. The van der Waals surface area contributed by atoms with Gasteiger partial charge in [0, 0.05) is 10.6 Å². The third-order valence-corrected chi connectivity index (χ3v) is 3.83. The first-order chi connectivity index (χ1) is 8.24. The third kappa shape index (κ3) is 6.10. The fraction of sp³-hybridized carbons (Fsp3) is 0.571. The smallest absolute Gasteiger partial charge is 0.0892 e. The summed E-state index contributed by atoms with van der Waals surface area (Å²) in [5, 5.41) is 19.6. The number of unbranched alkanes of at least 4 members (excludes halogenated alkanes) is 2. The van der Waals surface area contributed by atoms with Gasteiger partial charge in [-0.2, -0.15) is 0 Å². The summed E-state index contributed by atoms with van der Waals surface area (Å²) in [6.07, 6.45) is 2.74. The molecular formula is C14H22O2S. The maximum Gasteiger partial charge on any atom is 0.0892 e. The average molecular weight is 254 g/mol. The van der Waals surface area contributed by atoms with Crippen LogP contribution in [-0.4, -0.2) is 28.2 Å². The highest BCUT2D eigenvalue weighted by Crippen LogP contribution is 2.20. The van der Waals surface area contributed by atoms with Crippen LogP contribution in [0.15, 0.2) is 35.2 Å². The van der Waals surface area contributed by atoms with Crippen molar-refractivity contribution in [3.05, 3.63) is 30.3 Å². The van der Waals surface area contributed by atoms with Crippen molar-refractivity contribution in [2.45, 2.75) is 49.7 Å². The van der Waals surface area contributed by atoms with Crippen LogP contribution in [0.3, 0.4) is 0 Å². The highest BCUT2D eigenvalue weighted by molar-refractivity contribution is 7.99. The van der Waals surface area contributed by atoms with E-state index in [4.69, 9.17) is 0 Å². The van der Waals surface area contributed by atoms with Crippen molar-refractivity contribution in [1.29, 1.82) is 0 Å². The second-order valence-corrected chi connectivity index (χ2v) is 5.35. The van der Waals surface area contributed by atoms with E-state index in [1.807, 2.05) is 30.3 Å². The van der Waals surface area contributed by atoms with Crippen LogP contribution in [-0.2, 0) is 0 Å². The predicted octanol–water partition coefficient (Wildman–Crippen LogP) is 3.08. The van der Waals surface area contributed by atoms with Crippen LogP contribution in [0.2, 0.25) is 0 Å². The summed E-state index contributed by atoms with van der Waals surface area (Å²) in [6.45, 7) is 2.13. The van der Waals surface area contributed by atoms with Crippen molar-refractivity contribution in [2.24, 2.45) is 0 Å². The molecule has 3 heteroatoms. The van der Waals surface area contributed by atoms with E-state index in [0.717, 1.165) is 24.2 Å². The highest BCUT2D eigenvalue weighted by Gasteiger charge is 2.15. The van der Waals surface area contributed by atoms with Crippen LogP contribution in [0.4, 0.5) is 0 Å². The first-order valence-electron chi connectivity index (χ1n) is 6.28. The van der Waals surface area contributed by atoms with Gasteiger partial charge in [0.15, 0.2) is 0 Å². The molecule has 0 bridgehead atoms. The summed E-state index contributed by atoms with van der Waals surface area (Å²) in [5.74, 6) is 0.553. The average Bonchev–Trinajstić information content (AvgIpc) is 2.37. The zero-order valence-electron chi connectivity index (χ0n) is 10.4. The lowest BCUT2D eigenvalue weighted by atomic mass is 10.1. The lowest BCUT2D eigenvalue weighted by Gasteiger charge is -2.17. The molecule has 0 heterocycles. The van der Waals surface area contributed by atoms with E-state index in [2.05, 4.69) is 6.92 Å². The molecule has 0 aliphatic heterocycles. The first-order valence-corrected chi connectivity index (χ1v) is 7.26. The molecular weight excluding hydrogens is 232 g/mol. The lowest BCUT2D eigenvalue weighted by molar-refractivity contribution is 0.0276. The monoisotopic (exact) mass is 254 g/mol. The topological polar surface area (TPSA) is 40.5 Å². The van der Waals surface area contributed by atoms with Gasteiger partial charge >= 0.3 is 0 Å². The minimum absolute atomic E-state index is 0.553. The van der Waals surface area contributed by atoms with Crippen LogP contribution in [0.5, 0.6) is 0 Å². The Balaban J connectivity index is 2.22. The number of thioether (sulfide) groups is 1. The summed E-state index contributed by atoms with van der Waals surface area (Å²) in [7, 11) is 0. The van der Waals surface area contributed by atoms with Crippen molar-refractivity contribution in [3.63, 3.8) is 0 Å². The van der Waals surface area contributed by atoms with Gasteiger partial charge in [-0.25, -0.2) is 0 Å². The molecule has 1 aromatic rings. The van der Waals surface area contributed by atoms with E-state index in [9.17, 15) is 10.2 Å². The first kappa shape index (κ1) is 14.6. The van der Waals surface area contributed by atoms with Crippen LogP contribution >= 0.6 is 11.8 Å². The number of hydrogen-bond donors (Lipinski definition) is 2. The number of benzene rings is 1. The number of aliphatic hydroxyl groups is 2. The van der Waals surface area contributed by atoms with Crippen molar-refractivity contribution < 1.29 is 10.2 Å². The molecule has 0 aliphatic carbocycles. The van der Waals surface area contributed by atoms with Gasteiger partial charge in [-0.1, -0.05) is 44.4 Å². The second-order valence-electron chi connectivity index (χ2n) is 4.25. The van der Waals surface area contributed by atoms with Gasteiger partial charge in [0.2, 0.25) is 0 Å². The Labute approximate surface area is 108 Å². The molecule has 0 aromatic heterocycles.